The van der Waals surface area contributed by atoms with Gasteiger partial charge in [0.2, 0.25) is 0 Å². The Balaban J connectivity index is 1.54. The molecule has 34 heavy (non-hydrogen) atoms. The quantitative estimate of drug-likeness (QED) is 0.486. The van der Waals surface area contributed by atoms with E-state index in [-0.39, 0.29) is 47.5 Å². The van der Waals surface area contributed by atoms with Crippen LogP contribution in [0, 0.1) is 17.6 Å². The van der Waals surface area contributed by atoms with Crippen molar-refractivity contribution in [2.45, 2.75) is 26.4 Å². The normalized spacial score (nSPS) is 14.1. The number of benzene rings is 2. The van der Waals surface area contributed by atoms with Crippen LogP contribution in [0.3, 0.4) is 0 Å². The summed E-state index contributed by atoms with van der Waals surface area (Å²) in [6, 6.07) is 11.6. The number of hydrogen-bond acceptors (Lipinski definition) is 5. The van der Waals surface area contributed by atoms with E-state index in [4.69, 9.17) is 9.47 Å². The van der Waals surface area contributed by atoms with Gasteiger partial charge in [-0.05, 0) is 61.7 Å². The number of likely N-dealkylation sites (tertiary alicyclic amines) is 1. The molecule has 178 valence electrons. The second kappa shape index (κ2) is 10.5. The van der Waals surface area contributed by atoms with Gasteiger partial charge in [0, 0.05) is 13.1 Å². The summed E-state index contributed by atoms with van der Waals surface area (Å²) in [5.74, 6) is -1.27. The number of amides is 1. The number of esters is 1. The van der Waals surface area contributed by atoms with Crippen LogP contribution in [-0.2, 0) is 16.1 Å². The molecule has 1 fully saturated rings. The van der Waals surface area contributed by atoms with Crippen molar-refractivity contribution < 1.29 is 27.8 Å². The molecule has 1 aliphatic heterocycles. The Bertz CT molecular complexity index is 1140. The van der Waals surface area contributed by atoms with Gasteiger partial charge in [0.25, 0.3) is 5.91 Å². The number of piperidine rings is 1. The topological polar surface area (TPSA) is 73.7 Å². The molecule has 0 radical (unpaired) electrons. The van der Waals surface area contributed by atoms with Crippen LogP contribution in [-0.4, -0.2) is 46.3 Å². The highest BCUT2D eigenvalue weighted by Gasteiger charge is 2.31. The van der Waals surface area contributed by atoms with Gasteiger partial charge in [-0.1, -0.05) is 12.1 Å². The van der Waals surface area contributed by atoms with Crippen LogP contribution in [0.15, 0.2) is 54.7 Å². The molecule has 1 aromatic heterocycles. The maximum atomic E-state index is 13.4. The SMILES string of the molecule is CCOC(=O)C1CCN(C(=O)c2nn(-c3ccc(F)cc3)cc2OCc2ccc(F)cc2)CC1. The Labute approximate surface area is 195 Å². The third-order valence-electron chi connectivity index (χ3n) is 5.68. The fraction of sp³-hybridized carbons (Fsp3) is 0.320. The number of carbonyl (C=O) groups is 2. The van der Waals surface area contributed by atoms with Gasteiger partial charge in [0.05, 0.1) is 24.4 Å². The monoisotopic (exact) mass is 469 g/mol. The van der Waals surface area contributed by atoms with Crippen molar-refractivity contribution >= 4 is 11.9 Å². The van der Waals surface area contributed by atoms with Crippen molar-refractivity contribution in [3.8, 4) is 11.4 Å². The third kappa shape index (κ3) is 5.41. The highest BCUT2D eigenvalue weighted by molar-refractivity contribution is 5.95. The van der Waals surface area contributed by atoms with E-state index < -0.39 is 0 Å². The second-order valence-corrected chi connectivity index (χ2v) is 8.00. The van der Waals surface area contributed by atoms with Crippen molar-refractivity contribution in [1.29, 1.82) is 0 Å². The number of rotatable bonds is 7. The number of halogens is 2. The molecule has 3 aromatic rings. The number of aromatic nitrogens is 2. The Morgan fingerprint density at radius 2 is 1.62 bits per heavy atom. The minimum Gasteiger partial charge on any atom is -0.485 e. The van der Waals surface area contributed by atoms with Crippen LogP contribution in [0.1, 0.15) is 35.8 Å². The van der Waals surface area contributed by atoms with Gasteiger partial charge in [-0.25, -0.2) is 13.5 Å². The zero-order valence-electron chi connectivity index (χ0n) is 18.7. The first-order valence-corrected chi connectivity index (χ1v) is 11.1. The van der Waals surface area contributed by atoms with Crippen molar-refractivity contribution in [2.24, 2.45) is 5.92 Å². The molecular weight excluding hydrogens is 444 g/mol. The molecule has 1 amide bonds. The number of carbonyl (C=O) groups excluding carboxylic acids is 2. The summed E-state index contributed by atoms with van der Waals surface area (Å²) in [6.45, 7) is 2.99. The van der Waals surface area contributed by atoms with E-state index in [0.29, 0.717) is 38.2 Å². The largest absolute Gasteiger partial charge is 0.485 e. The molecule has 0 bridgehead atoms. The lowest BCUT2D eigenvalue weighted by Crippen LogP contribution is -2.41. The molecular formula is C25H25F2N3O4. The van der Waals surface area contributed by atoms with Gasteiger partial charge in [-0.2, -0.15) is 5.10 Å². The van der Waals surface area contributed by atoms with Gasteiger partial charge < -0.3 is 14.4 Å². The molecule has 0 saturated carbocycles. The third-order valence-corrected chi connectivity index (χ3v) is 5.68. The maximum absolute atomic E-state index is 13.4. The van der Waals surface area contributed by atoms with Crippen LogP contribution in [0.5, 0.6) is 5.75 Å². The zero-order chi connectivity index (χ0) is 24.1. The van der Waals surface area contributed by atoms with Gasteiger partial charge in [-0.15, -0.1) is 0 Å². The Kier molecular flexibility index (Phi) is 7.20. The molecule has 2 heterocycles. The summed E-state index contributed by atoms with van der Waals surface area (Å²) >= 11 is 0. The highest BCUT2D eigenvalue weighted by atomic mass is 19.1. The van der Waals surface area contributed by atoms with E-state index in [1.807, 2.05) is 0 Å². The van der Waals surface area contributed by atoms with Crippen molar-refractivity contribution in [2.75, 3.05) is 19.7 Å². The number of hydrogen-bond donors (Lipinski definition) is 0. The second-order valence-electron chi connectivity index (χ2n) is 8.00. The summed E-state index contributed by atoms with van der Waals surface area (Å²) in [5.41, 5.74) is 1.40. The van der Waals surface area contributed by atoms with Crippen molar-refractivity contribution in [1.82, 2.24) is 14.7 Å². The van der Waals surface area contributed by atoms with Crippen LogP contribution in [0.4, 0.5) is 8.78 Å². The Morgan fingerprint density at radius 3 is 2.24 bits per heavy atom. The summed E-state index contributed by atoms with van der Waals surface area (Å²) in [6.07, 6.45) is 2.58. The van der Waals surface area contributed by atoms with E-state index in [2.05, 4.69) is 5.10 Å². The zero-order valence-corrected chi connectivity index (χ0v) is 18.7. The van der Waals surface area contributed by atoms with E-state index in [9.17, 15) is 18.4 Å². The predicted molar refractivity (Wildman–Crippen MR) is 120 cm³/mol. The standard InChI is InChI=1S/C25H25F2N3O4/c1-2-33-25(32)18-11-13-29(14-12-18)24(31)23-22(34-16-17-3-5-19(26)6-4-17)15-30(28-23)21-9-7-20(27)8-10-21/h3-10,15,18H,2,11-14,16H2,1H3. The Morgan fingerprint density at radius 1 is 1.00 bits per heavy atom. The average Bonchev–Trinajstić information content (AvgIpc) is 3.28. The van der Waals surface area contributed by atoms with Gasteiger partial charge in [0.15, 0.2) is 11.4 Å². The lowest BCUT2D eigenvalue weighted by Gasteiger charge is -2.30. The molecule has 0 unspecified atom stereocenters. The van der Waals surface area contributed by atoms with Gasteiger partial charge >= 0.3 is 5.97 Å². The molecule has 1 saturated heterocycles. The van der Waals surface area contributed by atoms with Crippen LogP contribution in [0.2, 0.25) is 0 Å². The molecule has 2 aromatic carbocycles. The van der Waals surface area contributed by atoms with Crippen LogP contribution in [0.25, 0.3) is 5.69 Å². The molecule has 0 atom stereocenters. The maximum Gasteiger partial charge on any atom is 0.309 e. The first-order chi connectivity index (χ1) is 16.4. The molecule has 0 N–H and O–H groups in total. The van der Waals surface area contributed by atoms with Crippen LogP contribution >= 0.6 is 0 Å². The van der Waals surface area contributed by atoms with E-state index in [0.717, 1.165) is 5.56 Å². The summed E-state index contributed by atoms with van der Waals surface area (Å²) in [7, 11) is 0. The number of nitrogens with zero attached hydrogens (tertiary/aromatic N) is 3. The molecule has 4 rings (SSSR count). The number of ether oxygens (including phenoxy) is 2. The lowest BCUT2D eigenvalue weighted by atomic mass is 9.97. The van der Waals surface area contributed by atoms with E-state index in [1.165, 1.54) is 28.9 Å². The summed E-state index contributed by atoms with van der Waals surface area (Å²) < 4.78 is 39.0. The fourth-order valence-corrected chi connectivity index (χ4v) is 3.81. The Hall–Kier alpha value is -3.75. The van der Waals surface area contributed by atoms with E-state index >= 15 is 0 Å². The molecule has 7 nitrogen and oxygen atoms in total. The van der Waals surface area contributed by atoms with Crippen molar-refractivity contribution in [3.63, 3.8) is 0 Å². The van der Waals surface area contributed by atoms with Gasteiger partial charge in [-0.3, -0.25) is 9.59 Å². The van der Waals surface area contributed by atoms with Crippen molar-refractivity contribution in [3.05, 3.63) is 77.6 Å². The molecule has 0 spiro atoms. The summed E-state index contributed by atoms with van der Waals surface area (Å²) in [5, 5.41) is 4.42. The van der Waals surface area contributed by atoms with Gasteiger partial charge in [0.1, 0.15) is 18.2 Å². The molecule has 9 heteroatoms. The highest BCUT2D eigenvalue weighted by Crippen LogP contribution is 2.26. The van der Waals surface area contributed by atoms with E-state index in [1.54, 1.807) is 42.3 Å². The smallest absolute Gasteiger partial charge is 0.309 e. The first kappa shape index (κ1) is 23.4. The molecule has 0 aliphatic carbocycles. The lowest BCUT2D eigenvalue weighted by molar-refractivity contribution is -0.149. The summed E-state index contributed by atoms with van der Waals surface area (Å²) in [4.78, 5) is 27.0. The minimum atomic E-state index is -0.385. The average molecular weight is 469 g/mol. The molecule has 1 aliphatic rings. The van der Waals surface area contributed by atoms with Crippen LogP contribution < -0.4 is 4.74 Å². The predicted octanol–water partition coefficient (Wildman–Crippen LogP) is 4.14. The fourth-order valence-electron chi connectivity index (χ4n) is 3.81. The first-order valence-electron chi connectivity index (χ1n) is 11.1. The minimum absolute atomic E-state index is 0.112.